The number of nitrogens with zero attached hydrogens (tertiary/aromatic N) is 3. The molecule has 0 unspecified atom stereocenters. The fraction of sp³-hybridized carbons (Fsp3) is 0.208. The van der Waals surface area contributed by atoms with Gasteiger partial charge in [-0.05, 0) is 48.9 Å². The minimum atomic E-state index is -0.735. The topological polar surface area (TPSA) is 93.2 Å². The molecule has 4 aromatic rings. The number of carbonyl (C=O) groups is 1. The van der Waals surface area contributed by atoms with Gasteiger partial charge in [-0.25, -0.2) is 0 Å². The number of hydrogen-bond donors (Lipinski definition) is 2. The first-order valence-electron chi connectivity index (χ1n) is 10.2. The molecule has 156 valence electrons. The lowest BCUT2D eigenvalue weighted by atomic mass is 9.93. The number of benzene rings is 2. The Bertz CT molecular complexity index is 1250. The van der Waals surface area contributed by atoms with Gasteiger partial charge in [-0.15, -0.1) is 0 Å². The molecule has 1 fully saturated rings. The van der Waals surface area contributed by atoms with Crippen LogP contribution in [0, 0.1) is 13.8 Å². The number of aromatic nitrogens is 3. The fourth-order valence-electron chi connectivity index (χ4n) is 3.83. The highest BCUT2D eigenvalue weighted by Gasteiger charge is 2.51. The van der Waals surface area contributed by atoms with E-state index in [1.54, 1.807) is 11.0 Å². The number of anilines is 1. The third-order valence-electron chi connectivity index (χ3n) is 5.88. The molecule has 0 amide bonds. The second kappa shape index (κ2) is 7.12. The fourth-order valence-corrected chi connectivity index (χ4v) is 3.83. The van der Waals surface area contributed by atoms with E-state index < -0.39 is 11.4 Å². The maximum Gasteiger partial charge on any atom is 0.314 e. The maximum absolute atomic E-state index is 11.5. The van der Waals surface area contributed by atoms with Gasteiger partial charge < -0.3 is 9.63 Å². The average Bonchev–Trinajstić information content (AvgIpc) is 3.39. The molecule has 0 atom stereocenters. The summed E-state index contributed by atoms with van der Waals surface area (Å²) in [6.45, 7) is 3.86. The number of hydrogen-bond acceptors (Lipinski definition) is 5. The number of rotatable bonds is 6. The molecule has 0 bridgehead atoms. The summed E-state index contributed by atoms with van der Waals surface area (Å²) in [6, 6.07) is 15.8. The summed E-state index contributed by atoms with van der Waals surface area (Å²) in [4.78, 5) is 13.2. The minimum absolute atomic E-state index is 0.643. The molecule has 1 saturated carbocycles. The minimum Gasteiger partial charge on any atom is -0.481 e. The first kappa shape index (κ1) is 19.1. The number of carboxylic acids is 1. The van der Waals surface area contributed by atoms with Crippen LogP contribution in [0.1, 0.15) is 29.7 Å². The van der Waals surface area contributed by atoms with E-state index >= 15 is 0 Å². The second-order valence-electron chi connectivity index (χ2n) is 8.09. The molecule has 31 heavy (non-hydrogen) atoms. The zero-order chi connectivity index (χ0) is 21.6. The molecular weight excluding hydrogens is 392 g/mol. The Balaban J connectivity index is 1.39. The zero-order valence-electron chi connectivity index (χ0n) is 17.3. The van der Waals surface area contributed by atoms with E-state index in [0.29, 0.717) is 18.6 Å². The van der Waals surface area contributed by atoms with Crippen molar-refractivity contribution in [3.05, 3.63) is 77.7 Å². The van der Waals surface area contributed by atoms with Gasteiger partial charge in [-0.3, -0.25) is 10.2 Å². The molecule has 2 heterocycles. The van der Waals surface area contributed by atoms with Crippen molar-refractivity contribution in [2.45, 2.75) is 32.1 Å². The van der Waals surface area contributed by atoms with Crippen molar-refractivity contribution in [1.29, 1.82) is 0 Å². The van der Waals surface area contributed by atoms with Crippen molar-refractivity contribution in [3.63, 3.8) is 0 Å². The van der Waals surface area contributed by atoms with Gasteiger partial charge in [-0.1, -0.05) is 53.7 Å². The molecule has 7 nitrogen and oxygen atoms in total. The summed E-state index contributed by atoms with van der Waals surface area (Å²) < 4.78 is 5.58. The molecule has 2 aromatic heterocycles. The Labute approximate surface area is 179 Å². The molecule has 0 saturated heterocycles. The Morgan fingerprint density at radius 1 is 1.03 bits per heavy atom. The number of aryl methyl sites for hydroxylation is 2. The molecule has 2 N–H and O–H groups in total. The van der Waals surface area contributed by atoms with E-state index in [-0.39, 0.29) is 0 Å². The summed E-state index contributed by atoms with van der Waals surface area (Å²) in [5.74, 6) is -0.0914. The normalized spacial score (nSPS) is 14.4. The Hall–Kier alpha value is -3.87. The smallest absolute Gasteiger partial charge is 0.314 e. The van der Waals surface area contributed by atoms with E-state index in [4.69, 9.17) is 4.52 Å². The Morgan fingerprint density at radius 3 is 2.19 bits per heavy atom. The van der Waals surface area contributed by atoms with Crippen LogP contribution in [0.2, 0.25) is 0 Å². The largest absolute Gasteiger partial charge is 0.481 e. The SMILES string of the molecule is Cc1cnn(Nc2c(C)noc2-c2ccc(-c3ccc(C4(C(=O)O)CC4)cc3)cc2)c1. The van der Waals surface area contributed by atoms with Crippen molar-refractivity contribution in [3.8, 4) is 22.5 Å². The van der Waals surface area contributed by atoms with Gasteiger partial charge in [0.05, 0.1) is 17.8 Å². The van der Waals surface area contributed by atoms with Crippen molar-refractivity contribution >= 4 is 11.7 Å². The van der Waals surface area contributed by atoms with Crippen LogP contribution in [0.4, 0.5) is 5.69 Å². The lowest BCUT2D eigenvalue weighted by Gasteiger charge is -2.11. The van der Waals surface area contributed by atoms with Crippen LogP contribution in [0.3, 0.4) is 0 Å². The lowest BCUT2D eigenvalue weighted by Crippen LogP contribution is -2.19. The molecule has 0 spiro atoms. The van der Waals surface area contributed by atoms with Crippen LogP contribution >= 0.6 is 0 Å². The molecule has 1 aliphatic carbocycles. The van der Waals surface area contributed by atoms with E-state index in [1.807, 2.05) is 68.6 Å². The lowest BCUT2D eigenvalue weighted by molar-refractivity contribution is -0.140. The van der Waals surface area contributed by atoms with Crippen LogP contribution in [-0.2, 0) is 10.2 Å². The Kier molecular flexibility index (Phi) is 4.39. The highest BCUT2D eigenvalue weighted by Crippen LogP contribution is 2.48. The van der Waals surface area contributed by atoms with Crippen LogP contribution in [0.25, 0.3) is 22.5 Å². The third-order valence-corrected chi connectivity index (χ3v) is 5.88. The molecule has 0 aliphatic heterocycles. The van der Waals surface area contributed by atoms with Gasteiger partial charge in [0.25, 0.3) is 0 Å². The van der Waals surface area contributed by atoms with E-state index in [2.05, 4.69) is 15.7 Å². The standard InChI is InChI=1S/C24H22N4O3/c1-15-13-25-28(14-15)26-21-16(2)27-31-22(21)19-5-3-17(4-6-19)18-7-9-20(10-8-18)24(11-12-24)23(29)30/h3-10,13-14,26H,11-12H2,1-2H3,(H,29,30). The van der Waals surface area contributed by atoms with E-state index in [0.717, 1.165) is 39.2 Å². The molecule has 1 aliphatic rings. The van der Waals surface area contributed by atoms with Gasteiger partial charge >= 0.3 is 5.97 Å². The second-order valence-corrected chi connectivity index (χ2v) is 8.09. The average molecular weight is 414 g/mol. The molecular formula is C24H22N4O3. The predicted molar refractivity (Wildman–Crippen MR) is 117 cm³/mol. The van der Waals surface area contributed by atoms with Gasteiger partial charge in [0.2, 0.25) is 0 Å². The molecule has 0 radical (unpaired) electrons. The summed E-state index contributed by atoms with van der Waals surface area (Å²) in [5.41, 5.74) is 8.97. The third kappa shape index (κ3) is 3.38. The summed E-state index contributed by atoms with van der Waals surface area (Å²) in [7, 11) is 0. The quantitative estimate of drug-likeness (QED) is 0.470. The van der Waals surface area contributed by atoms with E-state index in [1.165, 1.54) is 0 Å². The maximum atomic E-state index is 11.5. The molecule has 7 heteroatoms. The Morgan fingerprint density at radius 2 is 1.65 bits per heavy atom. The van der Waals surface area contributed by atoms with Crippen LogP contribution in [0.15, 0.2) is 65.4 Å². The zero-order valence-corrected chi connectivity index (χ0v) is 17.3. The van der Waals surface area contributed by atoms with E-state index in [9.17, 15) is 9.90 Å². The number of nitrogens with one attached hydrogen (secondary N) is 1. The summed E-state index contributed by atoms with van der Waals surface area (Å²) >= 11 is 0. The van der Waals surface area contributed by atoms with Crippen LogP contribution in [-0.4, -0.2) is 26.1 Å². The number of aliphatic carboxylic acids is 1. The van der Waals surface area contributed by atoms with Gasteiger partial charge in [-0.2, -0.15) is 9.89 Å². The summed E-state index contributed by atoms with van der Waals surface area (Å²) in [6.07, 6.45) is 5.08. The summed E-state index contributed by atoms with van der Waals surface area (Å²) in [5, 5.41) is 17.8. The first-order valence-corrected chi connectivity index (χ1v) is 10.2. The van der Waals surface area contributed by atoms with Crippen molar-refractivity contribution in [2.24, 2.45) is 0 Å². The van der Waals surface area contributed by atoms with Gasteiger partial charge in [0.15, 0.2) is 5.76 Å². The highest BCUT2D eigenvalue weighted by molar-refractivity contribution is 5.85. The molecule has 2 aromatic carbocycles. The number of carboxylic acid groups (broad SMARTS) is 1. The molecule has 5 rings (SSSR count). The first-order chi connectivity index (χ1) is 15.0. The highest BCUT2D eigenvalue weighted by atomic mass is 16.5. The van der Waals surface area contributed by atoms with Crippen molar-refractivity contribution in [2.75, 3.05) is 5.43 Å². The van der Waals surface area contributed by atoms with Gasteiger partial charge in [0, 0.05) is 5.56 Å². The predicted octanol–water partition coefficient (Wildman–Crippen LogP) is 4.81. The van der Waals surface area contributed by atoms with Crippen molar-refractivity contribution in [1.82, 2.24) is 15.0 Å². The van der Waals surface area contributed by atoms with Crippen LogP contribution < -0.4 is 5.43 Å². The van der Waals surface area contributed by atoms with Crippen molar-refractivity contribution < 1.29 is 14.4 Å². The monoisotopic (exact) mass is 414 g/mol. The van der Waals surface area contributed by atoms with Gasteiger partial charge in [0.1, 0.15) is 11.4 Å². The van der Waals surface area contributed by atoms with Crippen LogP contribution in [0.5, 0.6) is 0 Å².